The monoisotopic (exact) mass is 469 g/mol. The molecule has 3 aromatic rings. The van der Waals surface area contributed by atoms with Crippen molar-refractivity contribution in [2.45, 2.75) is 44.6 Å². The number of thiazole rings is 1. The molecule has 6 nitrogen and oxygen atoms in total. The zero-order chi connectivity index (χ0) is 22.5. The Kier molecular flexibility index (Phi) is 7.07. The Morgan fingerprint density at radius 3 is 2.59 bits per heavy atom. The summed E-state index contributed by atoms with van der Waals surface area (Å²) in [6.07, 6.45) is 5.68. The lowest BCUT2D eigenvalue weighted by molar-refractivity contribution is -0.135. The molecule has 1 fully saturated rings. The van der Waals surface area contributed by atoms with Crippen molar-refractivity contribution >= 4 is 46.8 Å². The molecule has 166 valence electrons. The summed E-state index contributed by atoms with van der Waals surface area (Å²) in [7, 11) is 0. The molecule has 1 aliphatic carbocycles. The first kappa shape index (κ1) is 22.3. The summed E-state index contributed by atoms with van der Waals surface area (Å²) in [5.41, 5.74) is 3.37. The zero-order valence-corrected chi connectivity index (χ0v) is 19.2. The maximum absolute atomic E-state index is 12.3. The minimum Gasteiger partial charge on any atom is -0.465 e. The molecule has 2 N–H and O–H groups in total. The molecule has 1 aliphatic rings. The fourth-order valence-corrected chi connectivity index (χ4v) is 5.13. The number of nitrogens with one attached hydrogen (secondary N) is 2. The van der Waals surface area contributed by atoms with Crippen molar-refractivity contribution in [2.24, 2.45) is 0 Å². The standard InChI is InChI=1S/C24H24ClN3O3S/c1-15-2-7-18(25)12-21(15)28-24(30)27-19-8-3-16(4-9-19)22-13-26-23(32-22)17-5-10-20(11-6-17)31-14-29/h2-4,7-9,12-14,17,20H,5-6,10-11H2,1H3,(H2,27,28,30). The molecule has 2 aromatic carbocycles. The van der Waals surface area contributed by atoms with E-state index in [1.54, 1.807) is 23.5 Å². The summed E-state index contributed by atoms with van der Waals surface area (Å²) in [4.78, 5) is 28.6. The molecule has 0 spiro atoms. The van der Waals surface area contributed by atoms with Gasteiger partial charge in [0.05, 0.1) is 9.88 Å². The predicted octanol–water partition coefficient (Wildman–Crippen LogP) is 6.62. The van der Waals surface area contributed by atoms with Gasteiger partial charge in [-0.15, -0.1) is 11.3 Å². The SMILES string of the molecule is Cc1ccc(Cl)cc1NC(=O)Nc1ccc(-c2cnc(C3CCC(OC=O)CC3)s2)cc1. The van der Waals surface area contributed by atoms with Gasteiger partial charge in [-0.25, -0.2) is 9.78 Å². The molecule has 2 amide bonds. The Morgan fingerprint density at radius 2 is 1.88 bits per heavy atom. The highest BCUT2D eigenvalue weighted by atomic mass is 35.5. The average Bonchev–Trinajstić information content (AvgIpc) is 3.28. The first-order chi connectivity index (χ1) is 15.5. The van der Waals surface area contributed by atoms with Gasteiger partial charge in [0.25, 0.3) is 6.47 Å². The predicted molar refractivity (Wildman–Crippen MR) is 129 cm³/mol. The van der Waals surface area contributed by atoms with Crippen LogP contribution in [0.5, 0.6) is 0 Å². The molecule has 0 radical (unpaired) electrons. The number of rotatable bonds is 6. The highest BCUT2D eigenvalue weighted by Crippen LogP contribution is 2.38. The van der Waals surface area contributed by atoms with Crippen molar-refractivity contribution in [3.8, 4) is 10.4 Å². The summed E-state index contributed by atoms with van der Waals surface area (Å²) < 4.78 is 5.09. The van der Waals surface area contributed by atoms with Crippen LogP contribution in [0.4, 0.5) is 16.2 Å². The van der Waals surface area contributed by atoms with Crippen LogP contribution in [-0.4, -0.2) is 23.6 Å². The highest BCUT2D eigenvalue weighted by Gasteiger charge is 2.25. The fraction of sp³-hybridized carbons (Fsp3) is 0.292. The summed E-state index contributed by atoms with van der Waals surface area (Å²) in [6, 6.07) is 12.8. The van der Waals surface area contributed by atoms with E-state index in [-0.39, 0.29) is 12.1 Å². The van der Waals surface area contributed by atoms with E-state index in [9.17, 15) is 9.59 Å². The van der Waals surface area contributed by atoms with Gasteiger partial charge < -0.3 is 15.4 Å². The first-order valence-corrected chi connectivity index (χ1v) is 11.7. The number of carbonyl (C=O) groups excluding carboxylic acids is 2. The van der Waals surface area contributed by atoms with Crippen molar-refractivity contribution in [1.82, 2.24) is 4.98 Å². The van der Waals surface area contributed by atoms with E-state index in [1.165, 1.54) is 0 Å². The van der Waals surface area contributed by atoms with Crippen LogP contribution < -0.4 is 10.6 Å². The van der Waals surface area contributed by atoms with E-state index >= 15 is 0 Å². The molecular formula is C24H24ClN3O3S. The van der Waals surface area contributed by atoms with Crippen LogP contribution in [0.15, 0.2) is 48.7 Å². The van der Waals surface area contributed by atoms with E-state index in [0.717, 1.165) is 46.7 Å². The molecule has 0 aliphatic heterocycles. The summed E-state index contributed by atoms with van der Waals surface area (Å²) >= 11 is 7.71. The maximum atomic E-state index is 12.3. The van der Waals surface area contributed by atoms with Crippen molar-refractivity contribution < 1.29 is 14.3 Å². The topological polar surface area (TPSA) is 80.3 Å². The number of benzene rings is 2. The van der Waals surface area contributed by atoms with Crippen LogP contribution in [0.1, 0.15) is 42.2 Å². The molecule has 0 unspecified atom stereocenters. The average molecular weight is 470 g/mol. The van der Waals surface area contributed by atoms with Gasteiger partial charge >= 0.3 is 6.03 Å². The fourth-order valence-electron chi connectivity index (χ4n) is 3.87. The molecule has 1 saturated carbocycles. The van der Waals surface area contributed by atoms with Crippen LogP contribution in [0.2, 0.25) is 5.02 Å². The van der Waals surface area contributed by atoms with E-state index in [1.807, 2.05) is 43.5 Å². The number of amides is 2. The van der Waals surface area contributed by atoms with Gasteiger partial charge in [-0.2, -0.15) is 0 Å². The smallest absolute Gasteiger partial charge is 0.323 e. The number of carbonyl (C=O) groups is 2. The third-order valence-corrected chi connectivity index (χ3v) is 7.11. The van der Waals surface area contributed by atoms with Crippen molar-refractivity contribution in [3.63, 3.8) is 0 Å². The number of hydrogen-bond donors (Lipinski definition) is 2. The molecule has 0 saturated heterocycles. The molecule has 0 atom stereocenters. The number of urea groups is 1. The summed E-state index contributed by atoms with van der Waals surface area (Å²) in [5, 5.41) is 7.37. The number of aryl methyl sites for hydroxylation is 1. The van der Waals surface area contributed by atoms with E-state index < -0.39 is 0 Å². The lowest BCUT2D eigenvalue weighted by Crippen LogP contribution is -2.20. The quantitative estimate of drug-likeness (QED) is 0.398. The number of anilines is 2. The first-order valence-electron chi connectivity index (χ1n) is 10.5. The van der Waals surface area contributed by atoms with Crippen LogP contribution >= 0.6 is 22.9 Å². The van der Waals surface area contributed by atoms with Gasteiger partial charge in [0.2, 0.25) is 0 Å². The maximum Gasteiger partial charge on any atom is 0.323 e. The van der Waals surface area contributed by atoms with Crippen molar-refractivity contribution in [2.75, 3.05) is 10.6 Å². The summed E-state index contributed by atoms with van der Waals surface area (Å²) in [6.45, 7) is 2.46. The van der Waals surface area contributed by atoms with E-state index in [0.29, 0.717) is 28.8 Å². The lowest BCUT2D eigenvalue weighted by Gasteiger charge is -2.25. The van der Waals surface area contributed by atoms with Gasteiger partial charge in [0.15, 0.2) is 0 Å². The van der Waals surface area contributed by atoms with Gasteiger partial charge in [0, 0.05) is 28.5 Å². The molecule has 8 heteroatoms. The second kappa shape index (κ2) is 10.1. The third kappa shape index (κ3) is 5.47. The highest BCUT2D eigenvalue weighted by molar-refractivity contribution is 7.15. The summed E-state index contributed by atoms with van der Waals surface area (Å²) in [5.74, 6) is 0.417. The van der Waals surface area contributed by atoms with Crippen LogP contribution in [-0.2, 0) is 9.53 Å². The Bertz CT molecular complexity index is 1090. The Balaban J connectivity index is 1.35. The number of hydrogen-bond acceptors (Lipinski definition) is 5. The zero-order valence-electron chi connectivity index (χ0n) is 17.6. The molecule has 1 heterocycles. The van der Waals surface area contributed by atoms with Crippen LogP contribution in [0, 0.1) is 6.92 Å². The minimum atomic E-state index is -0.322. The van der Waals surface area contributed by atoms with Gasteiger partial charge in [-0.05, 0) is 68.0 Å². The van der Waals surface area contributed by atoms with E-state index in [2.05, 4.69) is 15.6 Å². The minimum absolute atomic E-state index is 0.0446. The van der Waals surface area contributed by atoms with Gasteiger partial charge in [-0.1, -0.05) is 29.8 Å². The Labute approximate surface area is 196 Å². The number of nitrogens with zero attached hydrogens (tertiary/aromatic N) is 1. The van der Waals surface area contributed by atoms with Crippen LogP contribution in [0.25, 0.3) is 10.4 Å². The van der Waals surface area contributed by atoms with Gasteiger partial charge in [-0.3, -0.25) is 4.79 Å². The third-order valence-electron chi connectivity index (χ3n) is 5.67. The largest absolute Gasteiger partial charge is 0.465 e. The number of aromatic nitrogens is 1. The molecule has 32 heavy (non-hydrogen) atoms. The normalized spacial score (nSPS) is 18.1. The molecule has 0 bridgehead atoms. The molecule has 1 aromatic heterocycles. The lowest BCUT2D eigenvalue weighted by atomic mass is 9.88. The Hall–Kier alpha value is -2.90. The van der Waals surface area contributed by atoms with Crippen LogP contribution in [0.3, 0.4) is 0 Å². The second-order valence-electron chi connectivity index (χ2n) is 7.88. The molecule has 4 rings (SSSR count). The second-order valence-corrected chi connectivity index (χ2v) is 9.38. The van der Waals surface area contributed by atoms with Gasteiger partial charge in [0.1, 0.15) is 6.10 Å². The number of halogens is 1. The van der Waals surface area contributed by atoms with E-state index in [4.69, 9.17) is 16.3 Å². The number of ether oxygens (including phenoxy) is 1. The van der Waals surface area contributed by atoms with Crippen molar-refractivity contribution in [1.29, 1.82) is 0 Å². The molecular weight excluding hydrogens is 446 g/mol. The Morgan fingerprint density at radius 1 is 1.12 bits per heavy atom. The van der Waals surface area contributed by atoms with Crippen molar-refractivity contribution in [3.05, 3.63) is 64.3 Å².